The summed E-state index contributed by atoms with van der Waals surface area (Å²) in [5.41, 5.74) is 1.01. The molecule has 7 heteroatoms. The van der Waals surface area contributed by atoms with Gasteiger partial charge in [0.1, 0.15) is 5.75 Å². The summed E-state index contributed by atoms with van der Waals surface area (Å²) in [6.07, 6.45) is 3.97. The molecule has 29 heavy (non-hydrogen) atoms. The molecule has 3 aliphatic rings. The summed E-state index contributed by atoms with van der Waals surface area (Å²) in [6, 6.07) is 8.20. The molecule has 158 valence electrons. The summed E-state index contributed by atoms with van der Waals surface area (Å²) in [6.45, 7) is 4.06. The quantitative estimate of drug-likeness (QED) is 0.803. The number of carbonyl (C=O) groups is 2. The highest BCUT2D eigenvalue weighted by Gasteiger charge is 2.47. The lowest BCUT2D eigenvalue weighted by atomic mass is 9.89. The van der Waals surface area contributed by atoms with E-state index >= 15 is 0 Å². The molecule has 1 aromatic carbocycles. The lowest BCUT2D eigenvalue weighted by Crippen LogP contribution is -2.67. The number of carbonyl (C=O) groups excluding carboxylic acids is 2. The third-order valence-electron chi connectivity index (χ3n) is 6.68. The van der Waals surface area contributed by atoms with Crippen LogP contribution < -0.4 is 10.1 Å². The van der Waals surface area contributed by atoms with Crippen molar-refractivity contribution in [2.75, 3.05) is 46.5 Å². The second kappa shape index (κ2) is 8.71. The Hall–Kier alpha value is -2.12. The molecule has 0 saturated carbocycles. The molecule has 1 N–H and O–H groups in total. The first-order valence-electron chi connectivity index (χ1n) is 10.6. The normalized spacial score (nSPS) is 26.0. The number of hydrogen-bond donors (Lipinski definition) is 1. The van der Waals surface area contributed by atoms with Gasteiger partial charge < -0.3 is 19.7 Å². The summed E-state index contributed by atoms with van der Waals surface area (Å²) in [4.78, 5) is 29.1. The van der Waals surface area contributed by atoms with E-state index in [2.05, 4.69) is 10.2 Å². The Morgan fingerprint density at radius 1 is 1.31 bits per heavy atom. The molecule has 3 aliphatic heterocycles. The van der Waals surface area contributed by atoms with Gasteiger partial charge in [-0.3, -0.25) is 14.5 Å². The summed E-state index contributed by atoms with van der Waals surface area (Å²) in [5, 5.41) is 3.02. The second-order valence-electron chi connectivity index (χ2n) is 8.36. The minimum atomic E-state index is -0.0609. The highest BCUT2D eigenvalue weighted by molar-refractivity contribution is 5.79. The monoisotopic (exact) mass is 401 g/mol. The number of piperidine rings is 1. The second-order valence-corrected chi connectivity index (χ2v) is 8.36. The van der Waals surface area contributed by atoms with E-state index in [1.807, 2.05) is 29.2 Å². The molecule has 1 spiro atoms. The van der Waals surface area contributed by atoms with Crippen molar-refractivity contribution in [1.29, 1.82) is 0 Å². The zero-order valence-corrected chi connectivity index (χ0v) is 17.2. The Kier molecular flexibility index (Phi) is 6.06. The van der Waals surface area contributed by atoms with Crippen LogP contribution in [0.25, 0.3) is 0 Å². The van der Waals surface area contributed by atoms with Crippen LogP contribution in [0.5, 0.6) is 5.75 Å². The lowest BCUT2D eigenvalue weighted by Gasteiger charge is -2.49. The van der Waals surface area contributed by atoms with Crippen LogP contribution in [0.4, 0.5) is 0 Å². The van der Waals surface area contributed by atoms with Gasteiger partial charge in [-0.25, -0.2) is 0 Å². The largest absolute Gasteiger partial charge is 0.496 e. The predicted octanol–water partition coefficient (Wildman–Crippen LogP) is 1.21. The number of ether oxygens (including phenoxy) is 2. The number of rotatable bonds is 5. The molecular weight excluding hydrogens is 370 g/mol. The highest BCUT2D eigenvalue weighted by atomic mass is 16.5. The predicted molar refractivity (Wildman–Crippen MR) is 109 cm³/mol. The van der Waals surface area contributed by atoms with E-state index in [1.54, 1.807) is 7.11 Å². The van der Waals surface area contributed by atoms with Gasteiger partial charge in [0.15, 0.2) is 0 Å². The molecular formula is C22H31N3O4. The van der Waals surface area contributed by atoms with Crippen LogP contribution in [0.1, 0.15) is 31.2 Å². The van der Waals surface area contributed by atoms with Gasteiger partial charge in [-0.15, -0.1) is 0 Å². The van der Waals surface area contributed by atoms with E-state index in [0.717, 1.165) is 50.3 Å². The van der Waals surface area contributed by atoms with Gasteiger partial charge in [0.2, 0.25) is 11.8 Å². The number of nitrogens with zero attached hydrogens (tertiary/aromatic N) is 2. The number of piperazine rings is 1. The minimum absolute atomic E-state index is 0.0609. The van der Waals surface area contributed by atoms with Crippen molar-refractivity contribution < 1.29 is 19.1 Å². The number of hydrogen-bond acceptors (Lipinski definition) is 5. The fourth-order valence-electron chi connectivity index (χ4n) is 4.96. The molecule has 3 fully saturated rings. The van der Waals surface area contributed by atoms with Crippen molar-refractivity contribution in [2.24, 2.45) is 0 Å². The maximum absolute atomic E-state index is 12.7. The van der Waals surface area contributed by atoms with E-state index in [-0.39, 0.29) is 17.4 Å². The topological polar surface area (TPSA) is 71.1 Å². The smallest absolute Gasteiger partial charge is 0.234 e. The molecule has 4 rings (SSSR count). The number of aryl methyl sites for hydroxylation is 1. The van der Waals surface area contributed by atoms with Crippen molar-refractivity contribution in [1.82, 2.24) is 15.1 Å². The highest BCUT2D eigenvalue weighted by Crippen LogP contribution is 2.33. The van der Waals surface area contributed by atoms with Gasteiger partial charge in [-0.05, 0) is 37.3 Å². The molecule has 1 atom stereocenters. The number of nitrogens with one attached hydrogen (secondary N) is 1. The van der Waals surface area contributed by atoms with E-state index in [4.69, 9.17) is 9.47 Å². The van der Waals surface area contributed by atoms with Gasteiger partial charge in [-0.1, -0.05) is 18.2 Å². The first kappa shape index (κ1) is 20.2. The molecule has 3 saturated heterocycles. The van der Waals surface area contributed by atoms with Gasteiger partial charge in [0.05, 0.1) is 25.8 Å². The molecule has 7 nitrogen and oxygen atoms in total. The summed E-state index contributed by atoms with van der Waals surface area (Å²) in [7, 11) is 1.66. The van der Waals surface area contributed by atoms with Crippen LogP contribution in [0, 0.1) is 0 Å². The Morgan fingerprint density at radius 2 is 2.10 bits per heavy atom. The number of amides is 2. The van der Waals surface area contributed by atoms with Crippen LogP contribution in [-0.2, 0) is 20.7 Å². The van der Waals surface area contributed by atoms with Gasteiger partial charge in [0, 0.05) is 38.7 Å². The molecule has 0 aromatic heterocycles. The van der Waals surface area contributed by atoms with E-state index in [0.29, 0.717) is 38.6 Å². The van der Waals surface area contributed by atoms with Crippen molar-refractivity contribution in [3.8, 4) is 5.75 Å². The number of benzene rings is 1. The molecule has 0 bridgehead atoms. The number of likely N-dealkylation sites (tertiary alicyclic amines) is 1. The minimum Gasteiger partial charge on any atom is -0.496 e. The van der Waals surface area contributed by atoms with Gasteiger partial charge >= 0.3 is 0 Å². The standard InChI is InChI=1S/C22H31N3O4/c1-28-19-5-3-2-4-17(19)6-7-21(27)24-11-8-18(9-12-24)25-14-20(26)23-15-22(25)10-13-29-16-22/h2-5,18H,6-16H2,1H3,(H,23,26). The summed E-state index contributed by atoms with van der Waals surface area (Å²) in [5.74, 6) is 1.13. The van der Waals surface area contributed by atoms with E-state index in [1.165, 1.54) is 0 Å². The van der Waals surface area contributed by atoms with Crippen LogP contribution >= 0.6 is 0 Å². The maximum atomic E-state index is 12.7. The van der Waals surface area contributed by atoms with Crippen molar-refractivity contribution in [3.63, 3.8) is 0 Å². The molecule has 0 aliphatic carbocycles. The Balaban J connectivity index is 1.31. The van der Waals surface area contributed by atoms with Crippen LogP contribution in [0.3, 0.4) is 0 Å². The summed E-state index contributed by atoms with van der Waals surface area (Å²) < 4.78 is 11.1. The average molecular weight is 402 g/mol. The van der Waals surface area contributed by atoms with Crippen molar-refractivity contribution in [3.05, 3.63) is 29.8 Å². The lowest BCUT2D eigenvalue weighted by molar-refractivity contribution is -0.136. The molecule has 2 amide bonds. The number of para-hydroxylation sites is 1. The Morgan fingerprint density at radius 3 is 2.83 bits per heavy atom. The number of methoxy groups -OCH3 is 1. The third-order valence-corrected chi connectivity index (χ3v) is 6.68. The fraction of sp³-hybridized carbons (Fsp3) is 0.636. The molecule has 1 aromatic rings. The Labute approximate surface area is 172 Å². The van der Waals surface area contributed by atoms with E-state index < -0.39 is 0 Å². The van der Waals surface area contributed by atoms with Gasteiger partial charge in [0.25, 0.3) is 0 Å². The van der Waals surface area contributed by atoms with Crippen LogP contribution in [0.15, 0.2) is 24.3 Å². The average Bonchev–Trinajstić information content (AvgIpc) is 3.23. The Bertz CT molecular complexity index is 739. The van der Waals surface area contributed by atoms with Crippen LogP contribution in [0.2, 0.25) is 0 Å². The molecule has 0 radical (unpaired) electrons. The van der Waals surface area contributed by atoms with Gasteiger partial charge in [-0.2, -0.15) is 0 Å². The maximum Gasteiger partial charge on any atom is 0.234 e. The van der Waals surface area contributed by atoms with Crippen LogP contribution in [-0.4, -0.2) is 79.7 Å². The summed E-state index contributed by atoms with van der Waals surface area (Å²) >= 11 is 0. The van der Waals surface area contributed by atoms with Crippen molar-refractivity contribution >= 4 is 11.8 Å². The SMILES string of the molecule is COc1ccccc1CCC(=O)N1CCC(N2CC(=O)NCC23CCOC3)CC1. The first-order valence-corrected chi connectivity index (χ1v) is 10.6. The third kappa shape index (κ3) is 4.26. The molecule has 1 unspecified atom stereocenters. The van der Waals surface area contributed by atoms with Crippen molar-refractivity contribution in [2.45, 2.75) is 43.7 Å². The zero-order valence-electron chi connectivity index (χ0n) is 17.2. The zero-order chi connectivity index (χ0) is 20.3. The first-order chi connectivity index (χ1) is 14.1. The molecule has 3 heterocycles. The van der Waals surface area contributed by atoms with E-state index in [9.17, 15) is 9.59 Å². The fourth-order valence-corrected chi connectivity index (χ4v) is 4.96.